The molecule has 1 saturated heterocycles. The van der Waals surface area contributed by atoms with Gasteiger partial charge in [0.1, 0.15) is 0 Å². The number of carbonyl (C=O) groups is 1. The van der Waals surface area contributed by atoms with Gasteiger partial charge in [0, 0.05) is 38.5 Å². The summed E-state index contributed by atoms with van der Waals surface area (Å²) in [6, 6.07) is 7.13. The molecule has 1 amide bonds. The van der Waals surface area contributed by atoms with Gasteiger partial charge >= 0.3 is 5.76 Å². The van der Waals surface area contributed by atoms with Gasteiger partial charge in [0.25, 0.3) is 0 Å². The molecule has 2 aromatic rings. The van der Waals surface area contributed by atoms with Crippen LogP contribution in [0, 0.1) is 5.92 Å². The van der Waals surface area contributed by atoms with Crippen molar-refractivity contribution in [3.63, 3.8) is 0 Å². The number of aliphatic hydroxyl groups is 1. The Bertz CT molecular complexity index is 721. The Kier molecular flexibility index (Phi) is 4.26. The Morgan fingerprint density at radius 1 is 1.41 bits per heavy atom. The summed E-state index contributed by atoms with van der Waals surface area (Å²) in [7, 11) is 0. The van der Waals surface area contributed by atoms with Crippen molar-refractivity contribution >= 4 is 17.0 Å². The van der Waals surface area contributed by atoms with Gasteiger partial charge in [-0.05, 0) is 12.1 Å². The second kappa shape index (κ2) is 6.33. The summed E-state index contributed by atoms with van der Waals surface area (Å²) in [6.07, 6.45) is -0.222. The van der Waals surface area contributed by atoms with E-state index < -0.39 is 11.9 Å². The summed E-state index contributed by atoms with van der Waals surface area (Å²) < 4.78 is 6.58. The summed E-state index contributed by atoms with van der Waals surface area (Å²) in [4.78, 5) is 23.7. The molecular formula is C15H19N3O4. The normalized spacial score (nSPS) is 21.3. The van der Waals surface area contributed by atoms with Crippen LogP contribution in [0.2, 0.25) is 0 Å². The molecule has 0 saturated carbocycles. The number of aliphatic hydroxyl groups excluding tert-OH is 1. The molecule has 1 aliphatic heterocycles. The van der Waals surface area contributed by atoms with Crippen molar-refractivity contribution in [1.82, 2.24) is 15.2 Å². The smallest absolute Gasteiger partial charge is 0.408 e. The van der Waals surface area contributed by atoms with Crippen molar-refractivity contribution in [2.45, 2.75) is 19.1 Å². The minimum absolute atomic E-state index is 0.0430. The fraction of sp³-hybridized carbons (Fsp3) is 0.467. The molecule has 7 heteroatoms. The highest BCUT2D eigenvalue weighted by molar-refractivity contribution is 5.76. The van der Waals surface area contributed by atoms with E-state index in [2.05, 4.69) is 10.6 Å². The summed E-state index contributed by atoms with van der Waals surface area (Å²) >= 11 is 0. The largest absolute Gasteiger partial charge is 0.419 e. The Morgan fingerprint density at radius 2 is 2.23 bits per heavy atom. The summed E-state index contributed by atoms with van der Waals surface area (Å²) in [5.74, 6) is -0.554. The fourth-order valence-electron chi connectivity index (χ4n) is 2.70. The van der Waals surface area contributed by atoms with Crippen molar-refractivity contribution in [2.75, 3.05) is 19.6 Å². The zero-order valence-electron chi connectivity index (χ0n) is 12.1. The molecule has 0 spiro atoms. The number of aryl methyl sites for hydroxylation is 1. The van der Waals surface area contributed by atoms with Gasteiger partial charge in [0.2, 0.25) is 5.91 Å². The Balaban J connectivity index is 1.56. The predicted octanol–water partition coefficient (Wildman–Crippen LogP) is -0.319. The Hall–Kier alpha value is -2.12. The minimum Gasteiger partial charge on any atom is -0.408 e. The molecule has 1 fully saturated rings. The van der Waals surface area contributed by atoms with Gasteiger partial charge in [-0.2, -0.15) is 0 Å². The quantitative estimate of drug-likeness (QED) is 0.703. The van der Waals surface area contributed by atoms with Crippen LogP contribution in [0.1, 0.15) is 6.42 Å². The number of β-amino-alcohol motifs (C(OH)–C–C–N with tert-alkyl or cyclic N) is 1. The molecule has 1 aliphatic rings. The molecule has 118 valence electrons. The maximum absolute atomic E-state index is 11.9. The van der Waals surface area contributed by atoms with E-state index in [-0.39, 0.29) is 24.8 Å². The van der Waals surface area contributed by atoms with Gasteiger partial charge in [0.05, 0.1) is 11.6 Å². The molecule has 0 aliphatic carbocycles. The topological polar surface area (TPSA) is 96.5 Å². The average Bonchev–Trinajstić information content (AvgIpc) is 3.05. The SMILES string of the molecule is O=C(CCn1c(=O)oc2ccccc21)NCC1CNCC1O. The van der Waals surface area contributed by atoms with Crippen LogP contribution in [-0.4, -0.2) is 41.3 Å². The molecule has 1 aromatic carbocycles. The van der Waals surface area contributed by atoms with E-state index in [1.165, 1.54) is 4.57 Å². The zero-order chi connectivity index (χ0) is 15.5. The second-order valence-electron chi connectivity index (χ2n) is 5.53. The molecule has 2 unspecified atom stereocenters. The van der Waals surface area contributed by atoms with E-state index >= 15 is 0 Å². The lowest BCUT2D eigenvalue weighted by atomic mass is 10.1. The number of hydrogen-bond donors (Lipinski definition) is 3. The lowest BCUT2D eigenvalue weighted by molar-refractivity contribution is -0.121. The highest BCUT2D eigenvalue weighted by atomic mass is 16.4. The predicted molar refractivity (Wildman–Crippen MR) is 80.5 cm³/mol. The van der Waals surface area contributed by atoms with E-state index in [0.29, 0.717) is 30.7 Å². The Labute approximate surface area is 126 Å². The van der Waals surface area contributed by atoms with E-state index in [9.17, 15) is 14.7 Å². The molecule has 2 heterocycles. The third-order valence-electron chi connectivity index (χ3n) is 4.00. The van der Waals surface area contributed by atoms with Crippen molar-refractivity contribution in [1.29, 1.82) is 0 Å². The first-order valence-corrected chi connectivity index (χ1v) is 7.39. The number of rotatable bonds is 5. The number of nitrogens with zero attached hydrogens (tertiary/aromatic N) is 1. The fourth-order valence-corrected chi connectivity index (χ4v) is 2.70. The maximum atomic E-state index is 11.9. The first kappa shape index (κ1) is 14.8. The molecule has 7 nitrogen and oxygen atoms in total. The first-order chi connectivity index (χ1) is 10.6. The number of fused-ring (bicyclic) bond motifs is 1. The lowest BCUT2D eigenvalue weighted by Gasteiger charge is -2.14. The van der Waals surface area contributed by atoms with Crippen LogP contribution < -0.4 is 16.4 Å². The highest BCUT2D eigenvalue weighted by Crippen LogP contribution is 2.12. The van der Waals surface area contributed by atoms with Gasteiger partial charge in [-0.15, -0.1) is 0 Å². The molecule has 0 radical (unpaired) electrons. The number of benzene rings is 1. The van der Waals surface area contributed by atoms with Crippen LogP contribution in [0.4, 0.5) is 0 Å². The standard InChI is InChI=1S/C15H19N3O4/c19-12-9-16-7-10(12)8-17-14(20)5-6-18-11-3-1-2-4-13(11)22-15(18)21/h1-4,10,12,16,19H,5-9H2,(H,17,20). The van der Waals surface area contributed by atoms with Crippen molar-refractivity contribution < 1.29 is 14.3 Å². The lowest BCUT2D eigenvalue weighted by Crippen LogP contribution is -2.35. The molecule has 2 atom stereocenters. The van der Waals surface area contributed by atoms with Gasteiger partial charge in [-0.1, -0.05) is 12.1 Å². The number of para-hydroxylation sites is 2. The third kappa shape index (κ3) is 3.05. The molecule has 3 rings (SSSR count). The van der Waals surface area contributed by atoms with Crippen LogP contribution in [0.3, 0.4) is 0 Å². The van der Waals surface area contributed by atoms with Crippen molar-refractivity contribution in [2.24, 2.45) is 5.92 Å². The van der Waals surface area contributed by atoms with Crippen LogP contribution in [0.15, 0.2) is 33.5 Å². The molecule has 1 aromatic heterocycles. The van der Waals surface area contributed by atoms with Crippen LogP contribution >= 0.6 is 0 Å². The monoisotopic (exact) mass is 305 g/mol. The number of hydrogen-bond acceptors (Lipinski definition) is 5. The van der Waals surface area contributed by atoms with Crippen LogP contribution in [0.5, 0.6) is 0 Å². The summed E-state index contributed by atoms with van der Waals surface area (Å²) in [5, 5.41) is 15.5. The zero-order valence-corrected chi connectivity index (χ0v) is 12.1. The molecule has 0 bridgehead atoms. The molecule has 3 N–H and O–H groups in total. The van der Waals surface area contributed by atoms with Gasteiger partial charge in [0.15, 0.2) is 5.58 Å². The number of amides is 1. The second-order valence-corrected chi connectivity index (χ2v) is 5.53. The van der Waals surface area contributed by atoms with Crippen molar-refractivity contribution in [3.8, 4) is 0 Å². The van der Waals surface area contributed by atoms with Gasteiger partial charge in [-0.25, -0.2) is 4.79 Å². The number of aromatic nitrogens is 1. The summed E-state index contributed by atoms with van der Waals surface area (Å²) in [6.45, 7) is 1.98. The number of carbonyl (C=O) groups excluding carboxylic acids is 1. The van der Waals surface area contributed by atoms with E-state index in [1.54, 1.807) is 18.2 Å². The number of nitrogens with one attached hydrogen (secondary N) is 2. The highest BCUT2D eigenvalue weighted by Gasteiger charge is 2.24. The maximum Gasteiger partial charge on any atom is 0.419 e. The molecular weight excluding hydrogens is 286 g/mol. The summed E-state index contributed by atoms with van der Waals surface area (Å²) in [5.41, 5.74) is 1.21. The van der Waals surface area contributed by atoms with E-state index in [1.807, 2.05) is 6.07 Å². The first-order valence-electron chi connectivity index (χ1n) is 7.39. The van der Waals surface area contributed by atoms with Gasteiger partial charge in [-0.3, -0.25) is 9.36 Å². The molecule has 22 heavy (non-hydrogen) atoms. The van der Waals surface area contributed by atoms with Crippen LogP contribution in [0.25, 0.3) is 11.1 Å². The van der Waals surface area contributed by atoms with Crippen LogP contribution in [-0.2, 0) is 11.3 Å². The number of oxazole rings is 1. The van der Waals surface area contributed by atoms with E-state index in [4.69, 9.17) is 4.42 Å². The Morgan fingerprint density at radius 3 is 3.00 bits per heavy atom. The van der Waals surface area contributed by atoms with Crippen molar-refractivity contribution in [3.05, 3.63) is 34.8 Å². The van der Waals surface area contributed by atoms with Gasteiger partial charge < -0.3 is 20.2 Å². The average molecular weight is 305 g/mol. The third-order valence-corrected chi connectivity index (χ3v) is 4.00. The van der Waals surface area contributed by atoms with E-state index in [0.717, 1.165) is 0 Å². The minimum atomic E-state index is -0.454.